The predicted octanol–water partition coefficient (Wildman–Crippen LogP) is 3.30. The molecular formula is C16H21NO2. The molecule has 0 spiro atoms. The Hall–Kier alpha value is -1.35. The van der Waals surface area contributed by atoms with Crippen molar-refractivity contribution in [3.63, 3.8) is 0 Å². The molecule has 0 unspecified atom stereocenters. The molecule has 3 heteroatoms. The summed E-state index contributed by atoms with van der Waals surface area (Å²) in [6.45, 7) is 0. The van der Waals surface area contributed by atoms with E-state index < -0.39 is 5.60 Å². The van der Waals surface area contributed by atoms with Crippen LogP contribution in [0.4, 0.5) is 0 Å². The van der Waals surface area contributed by atoms with Crippen LogP contribution in [0.5, 0.6) is 0 Å². The van der Waals surface area contributed by atoms with Gasteiger partial charge in [-0.3, -0.25) is 0 Å². The van der Waals surface area contributed by atoms with E-state index in [0.717, 1.165) is 12.0 Å². The van der Waals surface area contributed by atoms with Gasteiger partial charge in [-0.2, -0.15) is 0 Å². The standard InChI is InChI=1S/C16H21NO2/c18-16(14-8-2-1-3-9-14)11-13-7-5-4-6-12(13)10-15(16)17-19/h1-3,8-9,12-13,18-19H,4-7,10-11H2/b17-15+/t12-,13+,16-/m0/s1. The van der Waals surface area contributed by atoms with E-state index in [2.05, 4.69) is 5.16 Å². The Morgan fingerprint density at radius 1 is 1.05 bits per heavy atom. The van der Waals surface area contributed by atoms with Gasteiger partial charge in [-0.15, -0.1) is 0 Å². The number of hydrogen-bond donors (Lipinski definition) is 2. The predicted molar refractivity (Wildman–Crippen MR) is 74.2 cm³/mol. The van der Waals surface area contributed by atoms with E-state index in [4.69, 9.17) is 0 Å². The number of aliphatic hydroxyl groups is 1. The van der Waals surface area contributed by atoms with Gasteiger partial charge in [0.15, 0.2) is 0 Å². The first-order valence-corrected chi connectivity index (χ1v) is 7.23. The highest BCUT2D eigenvalue weighted by Gasteiger charge is 2.46. The summed E-state index contributed by atoms with van der Waals surface area (Å²) in [4.78, 5) is 0. The summed E-state index contributed by atoms with van der Waals surface area (Å²) in [5.41, 5.74) is 0.322. The number of oxime groups is 1. The first kappa shape index (κ1) is 12.7. The Morgan fingerprint density at radius 3 is 2.42 bits per heavy atom. The van der Waals surface area contributed by atoms with E-state index in [9.17, 15) is 10.3 Å². The lowest BCUT2D eigenvalue weighted by molar-refractivity contribution is 0.0305. The molecule has 102 valence electrons. The van der Waals surface area contributed by atoms with Gasteiger partial charge in [0.25, 0.3) is 0 Å². The Kier molecular flexibility index (Phi) is 3.31. The molecule has 0 bridgehead atoms. The summed E-state index contributed by atoms with van der Waals surface area (Å²) < 4.78 is 0. The maximum Gasteiger partial charge on any atom is 0.131 e. The Labute approximate surface area is 114 Å². The molecule has 2 aliphatic carbocycles. The zero-order chi connectivity index (χ0) is 13.3. The Morgan fingerprint density at radius 2 is 1.74 bits per heavy atom. The molecule has 0 radical (unpaired) electrons. The van der Waals surface area contributed by atoms with Crippen LogP contribution in [0.1, 0.15) is 44.1 Å². The van der Waals surface area contributed by atoms with Gasteiger partial charge in [0.05, 0.1) is 5.71 Å². The average Bonchev–Trinajstić information content (AvgIpc) is 2.47. The van der Waals surface area contributed by atoms with Crippen LogP contribution >= 0.6 is 0 Å². The van der Waals surface area contributed by atoms with Crippen molar-refractivity contribution in [3.8, 4) is 0 Å². The minimum atomic E-state index is -1.07. The van der Waals surface area contributed by atoms with Crippen LogP contribution in [0.3, 0.4) is 0 Å². The second-order valence-corrected chi connectivity index (χ2v) is 5.99. The average molecular weight is 259 g/mol. The number of benzene rings is 1. The summed E-state index contributed by atoms with van der Waals surface area (Å²) in [5, 5.41) is 23.8. The number of fused-ring (bicyclic) bond motifs is 1. The molecule has 2 aliphatic rings. The monoisotopic (exact) mass is 259 g/mol. The first-order valence-electron chi connectivity index (χ1n) is 7.23. The highest BCUT2D eigenvalue weighted by atomic mass is 16.4. The van der Waals surface area contributed by atoms with E-state index in [0.29, 0.717) is 24.0 Å². The van der Waals surface area contributed by atoms with Gasteiger partial charge in [0, 0.05) is 0 Å². The molecule has 1 aromatic rings. The zero-order valence-electron chi connectivity index (χ0n) is 11.1. The van der Waals surface area contributed by atoms with Gasteiger partial charge in [-0.25, -0.2) is 0 Å². The molecule has 2 fully saturated rings. The first-order chi connectivity index (χ1) is 9.24. The Bertz CT molecular complexity index is 471. The fourth-order valence-electron chi connectivity index (χ4n) is 3.86. The van der Waals surface area contributed by atoms with E-state index in [-0.39, 0.29) is 0 Å². The molecule has 1 aromatic carbocycles. The maximum atomic E-state index is 11.1. The van der Waals surface area contributed by atoms with Gasteiger partial charge >= 0.3 is 0 Å². The van der Waals surface area contributed by atoms with Crippen molar-refractivity contribution < 1.29 is 10.3 Å². The van der Waals surface area contributed by atoms with E-state index >= 15 is 0 Å². The van der Waals surface area contributed by atoms with Gasteiger partial charge in [0.2, 0.25) is 0 Å². The second kappa shape index (κ2) is 4.97. The van der Waals surface area contributed by atoms with Crippen molar-refractivity contribution in [2.75, 3.05) is 0 Å². The number of rotatable bonds is 1. The summed E-state index contributed by atoms with van der Waals surface area (Å²) >= 11 is 0. The van der Waals surface area contributed by atoms with Crippen molar-refractivity contribution in [1.82, 2.24) is 0 Å². The quantitative estimate of drug-likeness (QED) is 0.600. The topological polar surface area (TPSA) is 52.8 Å². The van der Waals surface area contributed by atoms with Crippen LogP contribution in [-0.2, 0) is 5.60 Å². The summed E-state index contributed by atoms with van der Waals surface area (Å²) in [6.07, 6.45) is 6.35. The van der Waals surface area contributed by atoms with E-state index in [1.807, 2.05) is 30.3 Å². The van der Waals surface area contributed by atoms with Crippen LogP contribution in [0.25, 0.3) is 0 Å². The molecule has 3 rings (SSSR count). The minimum absolute atomic E-state index is 0.543. The lowest BCUT2D eigenvalue weighted by Crippen LogP contribution is -2.46. The van der Waals surface area contributed by atoms with Crippen molar-refractivity contribution in [3.05, 3.63) is 35.9 Å². The highest BCUT2D eigenvalue weighted by Crippen LogP contribution is 2.46. The third kappa shape index (κ3) is 2.16. The number of hydrogen-bond acceptors (Lipinski definition) is 3. The van der Waals surface area contributed by atoms with E-state index in [1.54, 1.807) is 0 Å². The molecule has 19 heavy (non-hydrogen) atoms. The van der Waals surface area contributed by atoms with Crippen molar-refractivity contribution >= 4 is 5.71 Å². The third-order valence-corrected chi connectivity index (χ3v) is 4.93. The molecule has 0 aromatic heterocycles. The van der Waals surface area contributed by atoms with Gasteiger partial charge < -0.3 is 10.3 Å². The third-order valence-electron chi connectivity index (χ3n) is 4.93. The fourth-order valence-corrected chi connectivity index (χ4v) is 3.86. The molecule has 3 nitrogen and oxygen atoms in total. The Balaban J connectivity index is 1.95. The van der Waals surface area contributed by atoms with Crippen molar-refractivity contribution in [1.29, 1.82) is 0 Å². The zero-order valence-corrected chi connectivity index (χ0v) is 11.1. The SMILES string of the molecule is O/N=C1\C[C@@H]2CCCC[C@@H]2C[C@]1(O)c1ccccc1. The molecule has 0 amide bonds. The van der Waals surface area contributed by atoms with Crippen LogP contribution in [0.2, 0.25) is 0 Å². The van der Waals surface area contributed by atoms with Crippen LogP contribution in [0, 0.1) is 11.8 Å². The van der Waals surface area contributed by atoms with Gasteiger partial charge in [0.1, 0.15) is 5.60 Å². The van der Waals surface area contributed by atoms with Gasteiger partial charge in [-0.1, -0.05) is 54.8 Å². The normalized spacial score (nSPS) is 37.0. The summed E-state index contributed by atoms with van der Waals surface area (Å²) in [7, 11) is 0. The van der Waals surface area contributed by atoms with Crippen LogP contribution in [0.15, 0.2) is 35.5 Å². The molecule has 2 N–H and O–H groups in total. The van der Waals surface area contributed by atoms with Crippen molar-refractivity contribution in [2.24, 2.45) is 17.0 Å². The van der Waals surface area contributed by atoms with Crippen LogP contribution < -0.4 is 0 Å². The molecule has 0 heterocycles. The fraction of sp³-hybridized carbons (Fsp3) is 0.562. The largest absolute Gasteiger partial charge is 0.411 e. The maximum absolute atomic E-state index is 11.1. The number of nitrogens with zero attached hydrogens (tertiary/aromatic N) is 1. The molecule has 3 atom stereocenters. The molecule has 2 saturated carbocycles. The minimum Gasteiger partial charge on any atom is -0.411 e. The van der Waals surface area contributed by atoms with E-state index in [1.165, 1.54) is 25.7 Å². The summed E-state index contributed by atoms with van der Waals surface area (Å²) in [5.74, 6) is 1.15. The lowest BCUT2D eigenvalue weighted by atomic mass is 9.63. The van der Waals surface area contributed by atoms with Crippen LogP contribution in [-0.4, -0.2) is 16.0 Å². The molecule has 0 saturated heterocycles. The lowest BCUT2D eigenvalue weighted by Gasteiger charge is -2.44. The smallest absolute Gasteiger partial charge is 0.131 e. The molecule has 0 aliphatic heterocycles. The highest BCUT2D eigenvalue weighted by molar-refractivity contribution is 5.93. The van der Waals surface area contributed by atoms with Gasteiger partial charge in [-0.05, 0) is 36.7 Å². The summed E-state index contributed by atoms with van der Waals surface area (Å²) in [6, 6.07) is 9.64. The second-order valence-electron chi connectivity index (χ2n) is 5.99. The van der Waals surface area contributed by atoms with Crippen molar-refractivity contribution in [2.45, 2.75) is 44.1 Å². The molecular weight excluding hydrogens is 238 g/mol.